The zero-order valence-corrected chi connectivity index (χ0v) is 14.9. The van der Waals surface area contributed by atoms with E-state index in [4.69, 9.17) is 26.3 Å². The zero-order valence-electron chi connectivity index (χ0n) is 14.2. The number of halogens is 2. The first kappa shape index (κ1) is 19.1. The predicted octanol–water partition coefficient (Wildman–Crippen LogP) is 2.56. The lowest BCUT2D eigenvalue weighted by molar-refractivity contribution is 0.0679. The fourth-order valence-corrected chi connectivity index (χ4v) is 2.90. The average Bonchev–Trinajstić information content (AvgIpc) is 3.32. The van der Waals surface area contributed by atoms with E-state index in [-0.39, 0.29) is 54.3 Å². The number of carbonyl (C=O) groups excluding carboxylic acids is 1. The fraction of sp³-hybridized carbons (Fsp3) is 0.222. The number of aliphatic hydroxyl groups excluding tert-OH is 2. The van der Waals surface area contributed by atoms with Crippen molar-refractivity contribution in [3.8, 4) is 22.5 Å². The third-order valence-corrected chi connectivity index (χ3v) is 4.31. The maximum absolute atomic E-state index is 14.4. The van der Waals surface area contributed by atoms with Crippen molar-refractivity contribution in [2.24, 2.45) is 0 Å². The lowest BCUT2D eigenvalue weighted by Gasteiger charge is -2.19. The molecule has 142 valence electrons. The molecule has 0 saturated carbocycles. The number of H-pyrrole nitrogens is 1. The summed E-state index contributed by atoms with van der Waals surface area (Å²) in [5.41, 5.74) is 1.37. The van der Waals surface area contributed by atoms with Crippen LogP contribution in [0.2, 0.25) is 5.02 Å². The number of carbonyl (C=O) groups is 1. The highest BCUT2D eigenvalue weighted by Crippen LogP contribution is 2.35. The number of aliphatic hydroxyl groups is 2. The Hall–Kier alpha value is -2.68. The van der Waals surface area contributed by atoms with Crippen molar-refractivity contribution < 1.29 is 23.9 Å². The molecule has 3 rings (SSSR count). The van der Waals surface area contributed by atoms with Gasteiger partial charge in [-0.1, -0.05) is 28.9 Å². The molecule has 7 nitrogen and oxygen atoms in total. The number of aromatic amines is 1. The van der Waals surface area contributed by atoms with Crippen molar-refractivity contribution in [3.63, 3.8) is 0 Å². The number of hydrogen-bond acceptors (Lipinski definition) is 5. The van der Waals surface area contributed by atoms with Crippen LogP contribution in [0.15, 0.2) is 41.2 Å². The molecule has 3 N–H and O–H groups in total. The molecule has 1 amide bonds. The first-order chi connectivity index (χ1) is 13.1. The highest BCUT2D eigenvalue weighted by Gasteiger charge is 2.21. The predicted molar refractivity (Wildman–Crippen MR) is 96.8 cm³/mol. The van der Waals surface area contributed by atoms with Gasteiger partial charge in [-0.15, -0.1) is 0 Å². The quantitative estimate of drug-likeness (QED) is 0.572. The van der Waals surface area contributed by atoms with Gasteiger partial charge in [0.05, 0.1) is 30.0 Å². The minimum absolute atomic E-state index is 0.0202. The van der Waals surface area contributed by atoms with Crippen LogP contribution in [-0.2, 0) is 0 Å². The van der Waals surface area contributed by atoms with Crippen molar-refractivity contribution in [2.75, 3.05) is 26.3 Å². The van der Waals surface area contributed by atoms with Gasteiger partial charge in [0, 0.05) is 30.4 Å². The van der Waals surface area contributed by atoms with Crippen LogP contribution in [0.3, 0.4) is 0 Å². The molecule has 2 heterocycles. The number of rotatable bonds is 7. The Morgan fingerprint density at radius 2 is 2.00 bits per heavy atom. The zero-order chi connectivity index (χ0) is 19.4. The minimum atomic E-state index is -0.590. The molecule has 0 spiro atoms. The van der Waals surface area contributed by atoms with Gasteiger partial charge >= 0.3 is 0 Å². The SMILES string of the molecule is O=C(c1cc(-c2oncc2-c2cccc(Cl)c2F)c[nH]1)N(CCO)CCO. The Bertz CT molecular complexity index is 934. The van der Waals surface area contributed by atoms with Gasteiger partial charge in [-0.3, -0.25) is 4.79 Å². The van der Waals surface area contributed by atoms with Crippen molar-refractivity contribution in [1.82, 2.24) is 15.0 Å². The van der Waals surface area contributed by atoms with Gasteiger partial charge in [-0.05, 0) is 12.1 Å². The second kappa shape index (κ2) is 8.34. The summed E-state index contributed by atoms with van der Waals surface area (Å²) in [4.78, 5) is 16.7. The van der Waals surface area contributed by atoms with Gasteiger partial charge in [0.25, 0.3) is 5.91 Å². The number of benzene rings is 1. The van der Waals surface area contributed by atoms with Crippen LogP contribution in [0.5, 0.6) is 0 Å². The van der Waals surface area contributed by atoms with E-state index < -0.39 is 5.82 Å². The molecule has 3 aromatic rings. The Morgan fingerprint density at radius 1 is 1.26 bits per heavy atom. The summed E-state index contributed by atoms with van der Waals surface area (Å²) in [5, 5.41) is 21.9. The molecular formula is C18H17ClFN3O4. The molecule has 0 aliphatic rings. The Kier molecular flexibility index (Phi) is 5.90. The minimum Gasteiger partial charge on any atom is -0.395 e. The van der Waals surface area contributed by atoms with Crippen molar-refractivity contribution in [2.45, 2.75) is 0 Å². The maximum Gasteiger partial charge on any atom is 0.270 e. The van der Waals surface area contributed by atoms with E-state index >= 15 is 0 Å². The van der Waals surface area contributed by atoms with E-state index in [2.05, 4.69) is 10.1 Å². The molecule has 27 heavy (non-hydrogen) atoms. The number of amides is 1. The summed E-state index contributed by atoms with van der Waals surface area (Å²) in [6.07, 6.45) is 2.91. The van der Waals surface area contributed by atoms with E-state index in [1.807, 2.05) is 0 Å². The second-order valence-corrected chi connectivity index (χ2v) is 6.12. The summed E-state index contributed by atoms with van der Waals surface area (Å²) in [5.74, 6) is -0.700. The number of nitrogens with zero attached hydrogens (tertiary/aromatic N) is 2. The van der Waals surface area contributed by atoms with E-state index in [9.17, 15) is 9.18 Å². The molecule has 9 heteroatoms. The van der Waals surface area contributed by atoms with Crippen molar-refractivity contribution >= 4 is 17.5 Å². The summed E-state index contributed by atoms with van der Waals surface area (Å²) >= 11 is 5.85. The molecule has 0 unspecified atom stereocenters. The Balaban J connectivity index is 1.93. The topological polar surface area (TPSA) is 103 Å². The van der Waals surface area contributed by atoms with E-state index in [0.29, 0.717) is 11.1 Å². The molecule has 1 aromatic carbocycles. The molecule has 0 aliphatic carbocycles. The van der Waals surface area contributed by atoms with Gasteiger partial charge in [0.1, 0.15) is 11.5 Å². The van der Waals surface area contributed by atoms with E-state index in [0.717, 1.165) is 0 Å². The molecule has 0 aliphatic heterocycles. The normalized spacial score (nSPS) is 11.0. The molecule has 0 fully saturated rings. The summed E-state index contributed by atoms with van der Waals surface area (Å²) < 4.78 is 19.6. The fourth-order valence-electron chi connectivity index (χ4n) is 2.73. The van der Waals surface area contributed by atoms with Gasteiger partial charge in [0.15, 0.2) is 5.76 Å². The highest BCUT2D eigenvalue weighted by molar-refractivity contribution is 6.31. The largest absolute Gasteiger partial charge is 0.395 e. The van der Waals surface area contributed by atoms with Crippen LogP contribution in [0.25, 0.3) is 22.5 Å². The molecule has 0 bridgehead atoms. The third-order valence-electron chi connectivity index (χ3n) is 4.01. The number of aromatic nitrogens is 2. The van der Waals surface area contributed by atoms with Crippen LogP contribution in [0, 0.1) is 5.82 Å². The van der Waals surface area contributed by atoms with E-state index in [1.165, 1.54) is 29.4 Å². The van der Waals surface area contributed by atoms with Gasteiger partial charge in [0.2, 0.25) is 0 Å². The van der Waals surface area contributed by atoms with Crippen LogP contribution >= 0.6 is 11.6 Å². The van der Waals surface area contributed by atoms with Crippen LogP contribution in [0.4, 0.5) is 4.39 Å². The molecular weight excluding hydrogens is 377 g/mol. The summed E-state index contributed by atoms with van der Waals surface area (Å²) in [7, 11) is 0. The molecule has 0 atom stereocenters. The Labute approximate surface area is 159 Å². The average molecular weight is 394 g/mol. The highest BCUT2D eigenvalue weighted by atomic mass is 35.5. The lowest BCUT2D eigenvalue weighted by Crippen LogP contribution is -2.36. The van der Waals surface area contributed by atoms with Crippen LogP contribution < -0.4 is 0 Å². The van der Waals surface area contributed by atoms with Crippen molar-refractivity contribution in [3.05, 3.63) is 53.2 Å². The van der Waals surface area contributed by atoms with E-state index in [1.54, 1.807) is 12.1 Å². The molecule has 2 aromatic heterocycles. The first-order valence-corrected chi connectivity index (χ1v) is 8.53. The van der Waals surface area contributed by atoms with Crippen molar-refractivity contribution in [1.29, 1.82) is 0 Å². The summed E-state index contributed by atoms with van der Waals surface area (Å²) in [6, 6.07) is 6.15. The van der Waals surface area contributed by atoms with Crippen LogP contribution in [0.1, 0.15) is 10.5 Å². The summed E-state index contributed by atoms with van der Waals surface area (Å²) in [6.45, 7) is -0.261. The smallest absolute Gasteiger partial charge is 0.270 e. The second-order valence-electron chi connectivity index (χ2n) is 5.71. The van der Waals surface area contributed by atoms with Gasteiger partial charge < -0.3 is 24.6 Å². The lowest BCUT2D eigenvalue weighted by atomic mass is 10.0. The van der Waals surface area contributed by atoms with Crippen LogP contribution in [-0.4, -0.2) is 57.5 Å². The monoisotopic (exact) mass is 393 g/mol. The number of nitrogens with one attached hydrogen (secondary N) is 1. The first-order valence-electron chi connectivity index (χ1n) is 8.15. The standard InChI is InChI=1S/C18H17ClFN3O4/c19-14-3-1-2-12(16(14)20)13-10-22-27-17(13)11-8-15(21-9-11)18(26)23(4-6-24)5-7-25/h1-3,8-10,21,24-25H,4-7H2. The van der Waals surface area contributed by atoms with Gasteiger partial charge in [-0.2, -0.15) is 0 Å². The Morgan fingerprint density at radius 3 is 2.70 bits per heavy atom. The third kappa shape index (κ3) is 3.87. The maximum atomic E-state index is 14.4. The molecule has 0 radical (unpaired) electrons. The number of hydrogen-bond donors (Lipinski definition) is 3. The van der Waals surface area contributed by atoms with Gasteiger partial charge in [-0.25, -0.2) is 4.39 Å². The molecule has 0 saturated heterocycles.